The SMILES string of the molecule is CC1C(=O)NCC(=O)N1c1cc(Br)cc(C(F)(F)F)c1. The van der Waals surface area contributed by atoms with E-state index in [2.05, 4.69) is 21.2 Å². The number of alkyl halides is 3. The molecule has 1 aromatic carbocycles. The first-order valence-corrected chi connectivity index (χ1v) is 6.47. The molecule has 1 heterocycles. The number of piperazine rings is 1. The van der Waals surface area contributed by atoms with E-state index in [0.717, 1.165) is 17.0 Å². The van der Waals surface area contributed by atoms with Gasteiger partial charge in [-0.3, -0.25) is 14.5 Å². The van der Waals surface area contributed by atoms with Crippen molar-refractivity contribution in [1.82, 2.24) is 5.32 Å². The van der Waals surface area contributed by atoms with Crippen molar-refractivity contribution < 1.29 is 22.8 Å². The van der Waals surface area contributed by atoms with Crippen LogP contribution >= 0.6 is 15.9 Å². The Morgan fingerprint density at radius 2 is 1.95 bits per heavy atom. The lowest BCUT2D eigenvalue weighted by Crippen LogP contribution is -2.57. The van der Waals surface area contributed by atoms with Crippen LogP contribution in [0.2, 0.25) is 0 Å². The predicted molar refractivity (Wildman–Crippen MR) is 69.1 cm³/mol. The fourth-order valence-corrected chi connectivity index (χ4v) is 2.45. The number of halogens is 4. The minimum absolute atomic E-state index is 0.0408. The highest BCUT2D eigenvalue weighted by molar-refractivity contribution is 9.10. The lowest BCUT2D eigenvalue weighted by atomic mass is 10.1. The van der Waals surface area contributed by atoms with E-state index in [-0.39, 0.29) is 16.7 Å². The van der Waals surface area contributed by atoms with Gasteiger partial charge >= 0.3 is 6.18 Å². The monoisotopic (exact) mass is 350 g/mol. The quantitative estimate of drug-likeness (QED) is 0.844. The zero-order chi connectivity index (χ0) is 15.1. The molecular weight excluding hydrogens is 341 g/mol. The average molecular weight is 351 g/mol. The van der Waals surface area contributed by atoms with Gasteiger partial charge in [0.1, 0.15) is 6.04 Å². The summed E-state index contributed by atoms with van der Waals surface area (Å²) in [5.41, 5.74) is -0.841. The third kappa shape index (κ3) is 2.79. The highest BCUT2D eigenvalue weighted by atomic mass is 79.9. The molecule has 1 fully saturated rings. The topological polar surface area (TPSA) is 49.4 Å². The first-order chi connectivity index (χ1) is 9.20. The molecule has 0 saturated carbocycles. The molecule has 1 atom stereocenters. The number of rotatable bonds is 1. The summed E-state index contributed by atoms with van der Waals surface area (Å²) in [7, 11) is 0. The van der Waals surface area contributed by atoms with Crippen molar-refractivity contribution in [3.63, 3.8) is 0 Å². The molecule has 0 spiro atoms. The van der Waals surface area contributed by atoms with E-state index in [9.17, 15) is 22.8 Å². The summed E-state index contributed by atoms with van der Waals surface area (Å²) in [5.74, 6) is -0.860. The van der Waals surface area contributed by atoms with Gasteiger partial charge in [0.15, 0.2) is 0 Å². The second kappa shape index (κ2) is 5.08. The van der Waals surface area contributed by atoms with E-state index in [4.69, 9.17) is 0 Å². The van der Waals surface area contributed by atoms with Crippen molar-refractivity contribution in [2.45, 2.75) is 19.1 Å². The van der Waals surface area contributed by atoms with Gasteiger partial charge in [-0.25, -0.2) is 0 Å². The smallest absolute Gasteiger partial charge is 0.345 e. The van der Waals surface area contributed by atoms with Crippen LogP contribution in [-0.2, 0) is 15.8 Å². The van der Waals surface area contributed by atoms with Crippen LogP contribution in [0.15, 0.2) is 22.7 Å². The number of nitrogens with one attached hydrogen (secondary N) is 1. The summed E-state index contributed by atoms with van der Waals surface area (Å²) in [6.45, 7) is 1.23. The summed E-state index contributed by atoms with van der Waals surface area (Å²) in [6, 6.07) is 2.30. The van der Waals surface area contributed by atoms with E-state index in [1.165, 1.54) is 13.0 Å². The summed E-state index contributed by atoms with van der Waals surface area (Å²) in [4.78, 5) is 24.5. The maximum absolute atomic E-state index is 12.8. The second-order valence-corrected chi connectivity index (χ2v) is 5.27. The molecule has 0 aliphatic carbocycles. The minimum Gasteiger partial charge on any atom is -0.345 e. The highest BCUT2D eigenvalue weighted by Gasteiger charge is 2.35. The number of carbonyl (C=O) groups excluding carboxylic acids is 2. The van der Waals surface area contributed by atoms with Gasteiger partial charge in [0.05, 0.1) is 12.1 Å². The molecule has 1 unspecified atom stereocenters. The second-order valence-electron chi connectivity index (χ2n) is 4.35. The van der Waals surface area contributed by atoms with Crippen molar-refractivity contribution >= 4 is 33.4 Å². The molecule has 1 aromatic rings. The molecule has 0 bridgehead atoms. The molecule has 8 heteroatoms. The van der Waals surface area contributed by atoms with Gasteiger partial charge in [-0.05, 0) is 25.1 Å². The van der Waals surface area contributed by atoms with Crippen LogP contribution in [0.3, 0.4) is 0 Å². The number of hydrogen-bond acceptors (Lipinski definition) is 2. The maximum atomic E-state index is 12.8. The lowest BCUT2D eigenvalue weighted by Gasteiger charge is -2.33. The molecule has 1 aliphatic rings. The zero-order valence-electron chi connectivity index (χ0n) is 10.3. The number of benzene rings is 1. The Morgan fingerprint density at radius 1 is 1.30 bits per heavy atom. The molecule has 4 nitrogen and oxygen atoms in total. The van der Waals surface area contributed by atoms with Crippen LogP contribution in [0.1, 0.15) is 12.5 Å². The third-order valence-corrected chi connectivity index (χ3v) is 3.40. The van der Waals surface area contributed by atoms with Gasteiger partial charge in [0, 0.05) is 10.2 Å². The Hall–Kier alpha value is -1.57. The van der Waals surface area contributed by atoms with Crippen LogP contribution in [0, 0.1) is 0 Å². The molecule has 0 aromatic heterocycles. The number of nitrogens with zero attached hydrogens (tertiary/aromatic N) is 1. The summed E-state index contributed by atoms with van der Waals surface area (Å²) in [5, 5.41) is 2.38. The highest BCUT2D eigenvalue weighted by Crippen LogP contribution is 2.35. The van der Waals surface area contributed by atoms with Crippen molar-refractivity contribution in [2.24, 2.45) is 0 Å². The van der Waals surface area contributed by atoms with Gasteiger partial charge in [0.25, 0.3) is 0 Å². The average Bonchev–Trinajstić information content (AvgIpc) is 2.33. The Balaban J connectivity index is 2.48. The zero-order valence-corrected chi connectivity index (χ0v) is 11.9. The van der Waals surface area contributed by atoms with E-state index in [1.54, 1.807) is 0 Å². The molecule has 108 valence electrons. The van der Waals surface area contributed by atoms with Gasteiger partial charge in [-0.1, -0.05) is 15.9 Å². The maximum Gasteiger partial charge on any atom is 0.416 e. The van der Waals surface area contributed by atoms with E-state index in [0.29, 0.717) is 0 Å². The van der Waals surface area contributed by atoms with Crippen LogP contribution in [0.25, 0.3) is 0 Å². The van der Waals surface area contributed by atoms with Gasteiger partial charge in [-0.2, -0.15) is 13.2 Å². The number of hydrogen-bond donors (Lipinski definition) is 1. The third-order valence-electron chi connectivity index (χ3n) is 2.94. The Labute approximate surface area is 121 Å². The fraction of sp³-hybridized carbons (Fsp3) is 0.333. The number of carbonyl (C=O) groups is 2. The first-order valence-electron chi connectivity index (χ1n) is 5.67. The van der Waals surface area contributed by atoms with Crippen molar-refractivity contribution in [2.75, 3.05) is 11.4 Å². The molecule has 1 N–H and O–H groups in total. The van der Waals surface area contributed by atoms with E-state index < -0.39 is 29.6 Å². The number of anilines is 1. The largest absolute Gasteiger partial charge is 0.416 e. The molecule has 20 heavy (non-hydrogen) atoms. The van der Waals surface area contributed by atoms with Gasteiger partial charge in [0.2, 0.25) is 11.8 Å². The first kappa shape index (κ1) is 14.8. The van der Waals surface area contributed by atoms with Crippen LogP contribution < -0.4 is 10.2 Å². The van der Waals surface area contributed by atoms with E-state index >= 15 is 0 Å². The molecule has 0 radical (unpaired) electrons. The van der Waals surface area contributed by atoms with Crippen LogP contribution in [0.5, 0.6) is 0 Å². The minimum atomic E-state index is -4.52. The van der Waals surface area contributed by atoms with Crippen molar-refractivity contribution in [3.8, 4) is 0 Å². The van der Waals surface area contributed by atoms with Crippen LogP contribution in [-0.4, -0.2) is 24.4 Å². The van der Waals surface area contributed by atoms with Gasteiger partial charge < -0.3 is 5.32 Å². The normalized spacial score (nSPS) is 20.1. The molecule has 1 aliphatic heterocycles. The Morgan fingerprint density at radius 3 is 2.55 bits per heavy atom. The fourth-order valence-electron chi connectivity index (χ4n) is 1.97. The Kier molecular flexibility index (Phi) is 3.77. The molecule has 1 saturated heterocycles. The summed E-state index contributed by atoms with van der Waals surface area (Å²) in [6.07, 6.45) is -4.52. The standard InChI is InChI=1S/C12H10BrF3N2O2/c1-6-11(20)17-5-10(19)18(6)9-3-7(12(14,15)16)2-8(13)4-9/h2-4,6H,5H2,1H3,(H,17,20). The number of amides is 2. The lowest BCUT2D eigenvalue weighted by molar-refractivity contribution is -0.137. The van der Waals surface area contributed by atoms with Crippen molar-refractivity contribution in [3.05, 3.63) is 28.2 Å². The van der Waals surface area contributed by atoms with Crippen molar-refractivity contribution in [1.29, 1.82) is 0 Å². The molecule has 2 rings (SSSR count). The molecular formula is C12H10BrF3N2O2. The summed E-state index contributed by atoms with van der Waals surface area (Å²) >= 11 is 2.99. The molecule has 2 amide bonds. The van der Waals surface area contributed by atoms with Crippen LogP contribution in [0.4, 0.5) is 18.9 Å². The predicted octanol–water partition coefficient (Wildman–Crippen LogP) is 2.32. The van der Waals surface area contributed by atoms with E-state index in [1.807, 2.05) is 0 Å². The van der Waals surface area contributed by atoms with Gasteiger partial charge in [-0.15, -0.1) is 0 Å². The summed E-state index contributed by atoms with van der Waals surface area (Å²) < 4.78 is 38.5. The Bertz CT molecular complexity index is 574.